The molecule has 2 aliphatic heterocycles. The molecule has 1 fully saturated rings. The lowest BCUT2D eigenvalue weighted by Gasteiger charge is -2.31. The zero-order valence-electron chi connectivity index (χ0n) is 22.3. The first kappa shape index (κ1) is 27.8. The summed E-state index contributed by atoms with van der Waals surface area (Å²) in [5, 5.41) is 0. The number of nitrogens with zero attached hydrogens (tertiary/aromatic N) is 2. The summed E-state index contributed by atoms with van der Waals surface area (Å²) in [6, 6.07) is 13.1. The topological polar surface area (TPSA) is 129 Å². The smallest absolute Gasteiger partial charge is 0.410 e. The van der Waals surface area contributed by atoms with Crippen LogP contribution in [0.15, 0.2) is 55.1 Å². The van der Waals surface area contributed by atoms with Gasteiger partial charge >= 0.3 is 18.0 Å². The van der Waals surface area contributed by atoms with Crippen molar-refractivity contribution in [3.05, 3.63) is 71.8 Å². The molecule has 0 radical (unpaired) electrons. The number of amides is 1. The highest BCUT2D eigenvalue weighted by Crippen LogP contribution is 2.29. The van der Waals surface area contributed by atoms with Gasteiger partial charge in [0.2, 0.25) is 6.10 Å². The molecule has 0 aromatic heterocycles. The van der Waals surface area contributed by atoms with Crippen LogP contribution in [0, 0.1) is 0 Å². The number of rotatable bonds is 9. The van der Waals surface area contributed by atoms with Gasteiger partial charge in [-0.25, -0.2) is 9.59 Å². The van der Waals surface area contributed by atoms with E-state index in [-0.39, 0.29) is 31.4 Å². The Labute approximate surface area is 228 Å². The van der Waals surface area contributed by atoms with Crippen LogP contribution in [0.4, 0.5) is 4.79 Å². The zero-order valence-corrected chi connectivity index (χ0v) is 22.3. The number of esters is 1. The van der Waals surface area contributed by atoms with Gasteiger partial charge < -0.3 is 23.8 Å². The van der Waals surface area contributed by atoms with Crippen LogP contribution in [0.3, 0.4) is 0 Å². The Kier molecular flexibility index (Phi) is 9.30. The predicted molar refractivity (Wildman–Crippen MR) is 146 cm³/mol. The molecule has 0 saturated carbocycles. The second-order valence-corrected chi connectivity index (χ2v) is 9.52. The first-order chi connectivity index (χ1) is 18.9. The van der Waals surface area contributed by atoms with Gasteiger partial charge in [0, 0.05) is 37.9 Å². The van der Waals surface area contributed by atoms with Crippen molar-refractivity contribution in [1.82, 2.24) is 4.90 Å². The van der Waals surface area contributed by atoms with Gasteiger partial charge in [0.05, 0.1) is 19.7 Å². The van der Waals surface area contributed by atoms with Crippen molar-refractivity contribution in [3.63, 3.8) is 0 Å². The lowest BCUT2D eigenvalue weighted by molar-refractivity contribution is -0.549. The van der Waals surface area contributed by atoms with Gasteiger partial charge in [-0.15, -0.1) is 0 Å². The molecule has 0 bridgehead atoms. The van der Waals surface area contributed by atoms with Crippen molar-refractivity contribution in [3.8, 4) is 11.5 Å². The SMILES string of the molecule is C=CCOC(=O)N1CCC(Oc2ccc(C(Oc3ccc4c(c3)C[N+](=C(N)N)CC4)C(=O)OCC)cc2)CC1. The number of benzene rings is 2. The van der Waals surface area contributed by atoms with Gasteiger partial charge in [-0.1, -0.05) is 30.9 Å². The van der Waals surface area contributed by atoms with Crippen LogP contribution in [0.5, 0.6) is 11.5 Å². The van der Waals surface area contributed by atoms with E-state index in [1.807, 2.05) is 47.0 Å². The standard InChI is InChI=1S/C29H36N4O6/c1-3-17-37-29(35)32-15-12-24(13-16-32)38-23-8-6-21(7-9-23)26(27(34)36-4-2)39-25-10-5-20-11-14-33(28(30)31)19-22(20)18-25/h3,5-10,18,24,26H,1,4,11-17,19H2,2H3,(H3,30,31)/p+1. The number of carbonyl (C=O) groups excluding carboxylic acids is 2. The molecular formula is C29H37N4O6+. The molecule has 2 heterocycles. The molecule has 4 rings (SSSR count). The Bertz CT molecular complexity index is 1200. The Morgan fingerprint density at radius 2 is 1.79 bits per heavy atom. The molecule has 1 saturated heterocycles. The Balaban J connectivity index is 1.41. The van der Waals surface area contributed by atoms with Gasteiger partial charge in [0.25, 0.3) is 0 Å². The average molecular weight is 538 g/mol. The minimum absolute atomic E-state index is 0.0220. The first-order valence-corrected chi connectivity index (χ1v) is 13.2. The van der Waals surface area contributed by atoms with Crippen LogP contribution in [0.25, 0.3) is 0 Å². The van der Waals surface area contributed by atoms with Gasteiger partial charge in [-0.2, -0.15) is 0 Å². The van der Waals surface area contributed by atoms with E-state index >= 15 is 0 Å². The zero-order chi connectivity index (χ0) is 27.8. The Hall–Kier alpha value is -4.21. The molecule has 208 valence electrons. The minimum Gasteiger partial charge on any atom is -0.490 e. The van der Waals surface area contributed by atoms with Crippen molar-refractivity contribution in [2.45, 2.75) is 44.9 Å². The van der Waals surface area contributed by atoms with E-state index in [0.29, 0.717) is 49.5 Å². The highest BCUT2D eigenvalue weighted by Gasteiger charge is 2.27. The number of likely N-dealkylation sites (tertiary alicyclic amines) is 1. The molecule has 39 heavy (non-hydrogen) atoms. The fraction of sp³-hybridized carbons (Fsp3) is 0.414. The maximum absolute atomic E-state index is 12.9. The van der Waals surface area contributed by atoms with Crippen molar-refractivity contribution in [2.24, 2.45) is 11.5 Å². The van der Waals surface area contributed by atoms with Crippen molar-refractivity contribution in [1.29, 1.82) is 0 Å². The molecule has 4 N–H and O–H groups in total. The van der Waals surface area contributed by atoms with Crippen molar-refractivity contribution in [2.75, 3.05) is 32.8 Å². The minimum atomic E-state index is -0.937. The fourth-order valence-electron chi connectivity index (χ4n) is 4.72. The molecular weight excluding hydrogens is 500 g/mol. The highest BCUT2D eigenvalue weighted by atomic mass is 16.6. The Morgan fingerprint density at radius 1 is 1.08 bits per heavy atom. The summed E-state index contributed by atoms with van der Waals surface area (Å²) in [7, 11) is 0. The summed E-state index contributed by atoms with van der Waals surface area (Å²) in [4.78, 5) is 26.6. The number of nitrogens with two attached hydrogens (primary N) is 2. The van der Waals surface area contributed by atoms with Crippen LogP contribution in [-0.4, -0.2) is 66.4 Å². The van der Waals surface area contributed by atoms with Crippen LogP contribution in [0.1, 0.15) is 42.6 Å². The molecule has 2 aliphatic rings. The third kappa shape index (κ3) is 7.22. The highest BCUT2D eigenvalue weighted by molar-refractivity contribution is 5.77. The van der Waals surface area contributed by atoms with Crippen LogP contribution < -0.4 is 20.9 Å². The molecule has 2 aromatic rings. The number of fused-ring (bicyclic) bond motifs is 1. The van der Waals surface area contributed by atoms with Crippen LogP contribution >= 0.6 is 0 Å². The van der Waals surface area contributed by atoms with Gasteiger partial charge in [-0.05, 0) is 42.3 Å². The third-order valence-electron chi connectivity index (χ3n) is 6.82. The van der Waals surface area contributed by atoms with Crippen LogP contribution in [-0.2, 0) is 27.2 Å². The molecule has 10 nitrogen and oxygen atoms in total. The van der Waals surface area contributed by atoms with Crippen molar-refractivity contribution >= 4 is 18.0 Å². The quantitative estimate of drug-likeness (QED) is 0.216. The number of ether oxygens (including phenoxy) is 4. The molecule has 10 heteroatoms. The van der Waals surface area contributed by atoms with Crippen molar-refractivity contribution < 1.29 is 33.1 Å². The van der Waals surface area contributed by atoms with E-state index in [0.717, 1.165) is 18.5 Å². The number of hydrogen-bond donors (Lipinski definition) is 2. The van der Waals surface area contributed by atoms with Gasteiger partial charge in [0.1, 0.15) is 24.2 Å². The van der Waals surface area contributed by atoms with E-state index in [1.165, 1.54) is 5.56 Å². The molecule has 2 aromatic carbocycles. The number of guanidine groups is 1. The molecule has 0 aliphatic carbocycles. The van der Waals surface area contributed by atoms with E-state index < -0.39 is 12.1 Å². The summed E-state index contributed by atoms with van der Waals surface area (Å²) in [6.07, 6.45) is 2.48. The van der Waals surface area contributed by atoms with Gasteiger partial charge in [0.15, 0.2) is 0 Å². The number of piperidine rings is 1. The second kappa shape index (κ2) is 13.0. The predicted octanol–water partition coefficient (Wildman–Crippen LogP) is 2.88. The van der Waals surface area contributed by atoms with E-state index in [4.69, 9.17) is 30.4 Å². The summed E-state index contributed by atoms with van der Waals surface area (Å²) >= 11 is 0. The van der Waals surface area contributed by atoms with Gasteiger partial charge in [-0.3, -0.25) is 16.0 Å². The molecule has 1 unspecified atom stereocenters. The third-order valence-corrected chi connectivity index (χ3v) is 6.82. The summed E-state index contributed by atoms with van der Waals surface area (Å²) in [6.45, 7) is 8.23. The maximum atomic E-state index is 12.9. The van der Waals surface area contributed by atoms with E-state index in [2.05, 4.69) is 6.58 Å². The summed E-state index contributed by atoms with van der Waals surface area (Å²) in [5.74, 6) is 1.05. The molecule has 0 spiro atoms. The second-order valence-electron chi connectivity index (χ2n) is 9.52. The Morgan fingerprint density at radius 3 is 2.46 bits per heavy atom. The lowest BCUT2D eigenvalue weighted by atomic mass is 10.0. The van der Waals surface area contributed by atoms with E-state index in [9.17, 15) is 9.59 Å². The van der Waals surface area contributed by atoms with E-state index in [1.54, 1.807) is 17.9 Å². The number of carbonyl (C=O) groups is 2. The normalized spacial score (nSPS) is 16.0. The van der Waals surface area contributed by atoms with Crippen LogP contribution in [0.2, 0.25) is 0 Å². The molecule has 1 atom stereocenters. The number of hydrogen-bond acceptors (Lipinski definition) is 6. The summed E-state index contributed by atoms with van der Waals surface area (Å²) < 4.78 is 24.6. The maximum Gasteiger partial charge on any atom is 0.410 e. The average Bonchev–Trinajstić information content (AvgIpc) is 2.95. The first-order valence-electron chi connectivity index (χ1n) is 13.2. The fourth-order valence-corrected chi connectivity index (χ4v) is 4.72. The monoisotopic (exact) mass is 537 g/mol. The molecule has 1 amide bonds. The lowest BCUT2D eigenvalue weighted by Crippen LogP contribution is -2.42. The largest absolute Gasteiger partial charge is 0.490 e. The summed E-state index contributed by atoms with van der Waals surface area (Å²) in [5.41, 5.74) is 14.5.